The van der Waals surface area contributed by atoms with Crippen LogP contribution in [0.2, 0.25) is 0 Å². The standard InChI is InChI=1S/C20H40N4O2/c1-5-26-19(18-8-6-7-9-18)10-11-22-20(21-4)23-14-16(2)24-12-13-25-15-17(24)3/h16-19H,5-15H2,1-4H3,(H2,21,22,23). The maximum atomic E-state index is 6.01. The van der Waals surface area contributed by atoms with E-state index in [2.05, 4.69) is 41.3 Å². The van der Waals surface area contributed by atoms with Crippen LogP contribution in [0.4, 0.5) is 0 Å². The predicted octanol–water partition coefficient (Wildman–Crippen LogP) is 2.25. The molecule has 152 valence electrons. The Bertz CT molecular complexity index is 413. The fraction of sp³-hybridized carbons (Fsp3) is 0.950. The third-order valence-corrected chi connectivity index (χ3v) is 5.80. The second-order valence-corrected chi connectivity index (χ2v) is 7.72. The van der Waals surface area contributed by atoms with E-state index in [1.165, 1.54) is 25.7 Å². The molecule has 0 amide bonds. The third kappa shape index (κ3) is 6.71. The summed E-state index contributed by atoms with van der Waals surface area (Å²) in [5, 5.41) is 6.94. The van der Waals surface area contributed by atoms with E-state index in [-0.39, 0.29) is 0 Å². The Kier molecular flexibility index (Phi) is 9.72. The Morgan fingerprint density at radius 1 is 1.31 bits per heavy atom. The number of hydrogen-bond acceptors (Lipinski definition) is 4. The summed E-state index contributed by atoms with van der Waals surface area (Å²) in [6, 6.07) is 0.941. The van der Waals surface area contributed by atoms with E-state index in [1.54, 1.807) is 0 Å². The van der Waals surface area contributed by atoms with E-state index >= 15 is 0 Å². The predicted molar refractivity (Wildman–Crippen MR) is 108 cm³/mol. The molecule has 1 saturated carbocycles. The zero-order chi connectivity index (χ0) is 18.8. The molecule has 0 radical (unpaired) electrons. The first-order valence-corrected chi connectivity index (χ1v) is 10.5. The van der Waals surface area contributed by atoms with Crippen LogP contribution >= 0.6 is 0 Å². The highest BCUT2D eigenvalue weighted by molar-refractivity contribution is 5.79. The highest BCUT2D eigenvalue weighted by atomic mass is 16.5. The van der Waals surface area contributed by atoms with E-state index < -0.39 is 0 Å². The second-order valence-electron chi connectivity index (χ2n) is 7.72. The van der Waals surface area contributed by atoms with Gasteiger partial charge in [-0.3, -0.25) is 9.89 Å². The molecule has 0 aromatic carbocycles. The zero-order valence-electron chi connectivity index (χ0n) is 17.3. The van der Waals surface area contributed by atoms with Crippen molar-refractivity contribution in [2.24, 2.45) is 10.9 Å². The average molecular weight is 369 g/mol. The molecular weight excluding hydrogens is 328 g/mol. The molecule has 2 rings (SSSR count). The van der Waals surface area contributed by atoms with Crippen molar-refractivity contribution in [1.29, 1.82) is 0 Å². The summed E-state index contributed by atoms with van der Waals surface area (Å²) in [5.41, 5.74) is 0. The molecule has 6 nitrogen and oxygen atoms in total. The van der Waals surface area contributed by atoms with Crippen molar-refractivity contribution < 1.29 is 9.47 Å². The van der Waals surface area contributed by atoms with Crippen molar-refractivity contribution in [1.82, 2.24) is 15.5 Å². The minimum absolute atomic E-state index is 0.390. The average Bonchev–Trinajstić information content (AvgIpc) is 3.18. The van der Waals surface area contributed by atoms with Crippen LogP contribution in [0.3, 0.4) is 0 Å². The molecule has 3 atom stereocenters. The van der Waals surface area contributed by atoms with Gasteiger partial charge in [-0.2, -0.15) is 0 Å². The second kappa shape index (κ2) is 11.8. The van der Waals surface area contributed by atoms with Crippen LogP contribution in [0.5, 0.6) is 0 Å². The summed E-state index contributed by atoms with van der Waals surface area (Å²) in [6.45, 7) is 11.9. The molecule has 2 fully saturated rings. The number of hydrogen-bond donors (Lipinski definition) is 2. The number of guanidine groups is 1. The van der Waals surface area contributed by atoms with Gasteiger partial charge in [0.15, 0.2) is 5.96 Å². The van der Waals surface area contributed by atoms with Crippen molar-refractivity contribution in [3.63, 3.8) is 0 Å². The topological polar surface area (TPSA) is 58.1 Å². The van der Waals surface area contributed by atoms with Gasteiger partial charge < -0.3 is 20.1 Å². The van der Waals surface area contributed by atoms with Crippen LogP contribution in [0.15, 0.2) is 4.99 Å². The van der Waals surface area contributed by atoms with Gasteiger partial charge in [-0.25, -0.2) is 0 Å². The molecule has 2 aliphatic rings. The maximum Gasteiger partial charge on any atom is 0.191 e. The van der Waals surface area contributed by atoms with Crippen LogP contribution < -0.4 is 10.6 Å². The number of morpholine rings is 1. The summed E-state index contributed by atoms with van der Waals surface area (Å²) in [4.78, 5) is 6.88. The normalized spacial score (nSPS) is 25.2. The summed E-state index contributed by atoms with van der Waals surface area (Å²) >= 11 is 0. The quantitative estimate of drug-likeness (QED) is 0.483. The van der Waals surface area contributed by atoms with Crippen molar-refractivity contribution in [2.45, 2.75) is 71.1 Å². The minimum atomic E-state index is 0.390. The molecule has 1 saturated heterocycles. The molecule has 0 spiro atoms. The summed E-state index contributed by atoms with van der Waals surface area (Å²) in [7, 11) is 1.84. The molecule has 26 heavy (non-hydrogen) atoms. The van der Waals surface area contributed by atoms with Crippen LogP contribution in [-0.4, -0.2) is 75.5 Å². The fourth-order valence-electron chi connectivity index (χ4n) is 4.31. The van der Waals surface area contributed by atoms with Crippen molar-refractivity contribution in [3.8, 4) is 0 Å². The van der Waals surface area contributed by atoms with E-state index in [4.69, 9.17) is 9.47 Å². The highest BCUT2D eigenvalue weighted by Crippen LogP contribution is 2.30. The van der Waals surface area contributed by atoms with Gasteiger partial charge >= 0.3 is 0 Å². The van der Waals surface area contributed by atoms with Crippen LogP contribution in [0, 0.1) is 5.92 Å². The van der Waals surface area contributed by atoms with Gasteiger partial charge in [-0.1, -0.05) is 12.8 Å². The smallest absolute Gasteiger partial charge is 0.191 e. The highest BCUT2D eigenvalue weighted by Gasteiger charge is 2.25. The Labute approximate surface area is 160 Å². The number of aliphatic imine (C=N–C) groups is 1. The summed E-state index contributed by atoms with van der Waals surface area (Å²) in [5.74, 6) is 1.63. The SMILES string of the molecule is CCOC(CCNC(=NC)NCC(C)N1CCOCC1C)C1CCCC1. The van der Waals surface area contributed by atoms with Gasteiger partial charge in [0.1, 0.15) is 0 Å². The van der Waals surface area contributed by atoms with Crippen molar-refractivity contribution in [3.05, 3.63) is 0 Å². The zero-order valence-corrected chi connectivity index (χ0v) is 17.3. The van der Waals surface area contributed by atoms with Gasteiger partial charge in [-0.15, -0.1) is 0 Å². The molecule has 0 aromatic heterocycles. The Hall–Kier alpha value is -0.850. The van der Waals surface area contributed by atoms with Gasteiger partial charge in [0.25, 0.3) is 0 Å². The first-order chi connectivity index (χ1) is 12.7. The molecule has 2 N–H and O–H groups in total. The van der Waals surface area contributed by atoms with Crippen molar-refractivity contribution in [2.75, 3.05) is 46.5 Å². The first-order valence-electron chi connectivity index (χ1n) is 10.5. The van der Waals surface area contributed by atoms with E-state index in [0.717, 1.165) is 57.8 Å². The number of nitrogens with one attached hydrogen (secondary N) is 2. The lowest BCUT2D eigenvalue weighted by Gasteiger charge is -2.38. The van der Waals surface area contributed by atoms with Gasteiger partial charge in [0.2, 0.25) is 0 Å². The maximum absolute atomic E-state index is 6.01. The van der Waals surface area contributed by atoms with E-state index in [1.807, 2.05) is 7.05 Å². The van der Waals surface area contributed by atoms with Crippen LogP contribution in [0.1, 0.15) is 52.9 Å². The lowest BCUT2D eigenvalue weighted by molar-refractivity contribution is -0.0174. The largest absolute Gasteiger partial charge is 0.379 e. The Morgan fingerprint density at radius 3 is 2.73 bits per heavy atom. The molecule has 1 aliphatic carbocycles. The lowest BCUT2D eigenvalue weighted by Crippen LogP contribution is -2.53. The van der Waals surface area contributed by atoms with Gasteiger partial charge in [0, 0.05) is 45.4 Å². The Morgan fingerprint density at radius 2 is 2.08 bits per heavy atom. The number of nitrogens with zero attached hydrogens (tertiary/aromatic N) is 2. The number of ether oxygens (including phenoxy) is 2. The number of rotatable bonds is 9. The minimum Gasteiger partial charge on any atom is -0.379 e. The fourth-order valence-corrected chi connectivity index (χ4v) is 4.31. The van der Waals surface area contributed by atoms with Crippen LogP contribution in [0.25, 0.3) is 0 Å². The van der Waals surface area contributed by atoms with E-state index in [9.17, 15) is 0 Å². The molecule has 1 heterocycles. The van der Waals surface area contributed by atoms with Gasteiger partial charge in [-0.05, 0) is 46.0 Å². The summed E-state index contributed by atoms with van der Waals surface area (Å²) in [6.07, 6.45) is 6.82. The molecule has 6 heteroatoms. The first kappa shape index (κ1) is 21.5. The lowest BCUT2D eigenvalue weighted by atomic mass is 9.98. The van der Waals surface area contributed by atoms with Crippen molar-refractivity contribution >= 4 is 5.96 Å². The van der Waals surface area contributed by atoms with Crippen LogP contribution in [-0.2, 0) is 9.47 Å². The monoisotopic (exact) mass is 368 g/mol. The molecule has 1 aliphatic heterocycles. The third-order valence-electron chi connectivity index (χ3n) is 5.80. The summed E-state index contributed by atoms with van der Waals surface area (Å²) < 4.78 is 11.5. The molecule has 0 bridgehead atoms. The Balaban J connectivity index is 1.69. The molecular formula is C20H40N4O2. The molecule has 0 aromatic rings. The van der Waals surface area contributed by atoms with Gasteiger partial charge in [0.05, 0.1) is 19.3 Å². The van der Waals surface area contributed by atoms with E-state index in [0.29, 0.717) is 18.2 Å². The molecule has 3 unspecified atom stereocenters.